The van der Waals surface area contributed by atoms with Gasteiger partial charge in [-0.2, -0.15) is 0 Å². The standard InChI is InChI=1S/C19H16FNO3S2/c1-2-23-16-9-13(10-17-18(22)21-19(25)26-17)5-8-15(16)24-11-12-3-6-14(20)7-4-12/h3-10H,2,11H2,1H3,(H,21,22,25). The second kappa shape index (κ2) is 8.33. The van der Waals surface area contributed by atoms with E-state index >= 15 is 0 Å². The topological polar surface area (TPSA) is 47.6 Å². The van der Waals surface area contributed by atoms with E-state index in [1.54, 1.807) is 24.3 Å². The number of halogens is 1. The molecule has 0 spiro atoms. The molecule has 0 saturated carbocycles. The van der Waals surface area contributed by atoms with Crippen LogP contribution in [0.25, 0.3) is 6.08 Å². The number of amides is 1. The van der Waals surface area contributed by atoms with Crippen molar-refractivity contribution in [1.82, 2.24) is 5.32 Å². The quantitative estimate of drug-likeness (QED) is 0.590. The zero-order chi connectivity index (χ0) is 18.5. The van der Waals surface area contributed by atoms with Crippen LogP contribution in [-0.2, 0) is 11.4 Å². The van der Waals surface area contributed by atoms with Crippen molar-refractivity contribution in [3.63, 3.8) is 0 Å². The van der Waals surface area contributed by atoms with E-state index in [1.807, 2.05) is 19.1 Å². The number of thiocarbonyl (C=S) groups is 1. The van der Waals surface area contributed by atoms with Crippen molar-refractivity contribution in [3.8, 4) is 11.5 Å². The molecule has 26 heavy (non-hydrogen) atoms. The molecule has 3 rings (SSSR count). The van der Waals surface area contributed by atoms with Crippen LogP contribution in [0.5, 0.6) is 11.5 Å². The van der Waals surface area contributed by atoms with Gasteiger partial charge >= 0.3 is 0 Å². The highest BCUT2D eigenvalue weighted by Crippen LogP contribution is 2.32. The van der Waals surface area contributed by atoms with Crippen molar-refractivity contribution in [2.24, 2.45) is 0 Å². The highest BCUT2D eigenvalue weighted by Gasteiger charge is 2.22. The predicted molar refractivity (Wildman–Crippen MR) is 105 cm³/mol. The Bertz CT molecular complexity index is 866. The maximum absolute atomic E-state index is 13.0. The largest absolute Gasteiger partial charge is 0.490 e. The summed E-state index contributed by atoms with van der Waals surface area (Å²) in [7, 11) is 0. The maximum atomic E-state index is 13.0. The Kier molecular flexibility index (Phi) is 5.90. The van der Waals surface area contributed by atoms with Gasteiger partial charge in [0.15, 0.2) is 11.5 Å². The van der Waals surface area contributed by atoms with E-state index in [0.29, 0.717) is 33.9 Å². The molecule has 7 heteroatoms. The first-order valence-corrected chi connectivity index (χ1v) is 9.16. The van der Waals surface area contributed by atoms with Gasteiger partial charge in [0, 0.05) is 0 Å². The van der Waals surface area contributed by atoms with Crippen LogP contribution in [0.15, 0.2) is 47.4 Å². The van der Waals surface area contributed by atoms with E-state index in [4.69, 9.17) is 21.7 Å². The normalized spacial score (nSPS) is 15.2. The van der Waals surface area contributed by atoms with Crippen LogP contribution in [-0.4, -0.2) is 16.8 Å². The van der Waals surface area contributed by atoms with E-state index < -0.39 is 0 Å². The van der Waals surface area contributed by atoms with Gasteiger partial charge in [-0.25, -0.2) is 4.39 Å². The third-order valence-electron chi connectivity index (χ3n) is 3.52. The molecule has 1 heterocycles. The molecule has 1 aliphatic heterocycles. The molecule has 1 fully saturated rings. The minimum Gasteiger partial charge on any atom is -0.490 e. The Morgan fingerprint density at radius 3 is 2.58 bits per heavy atom. The van der Waals surface area contributed by atoms with Crippen LogP contribution in [0.4, 0.5) is 4.39 Å². The summed E-state index contributed by atoms with van der Waals surface area (Å²) in [6.07, 6.45) is 1.76. The summed E-state index contributed by atoms with van der Waals surface area (Å²) in [5.74, 6) is 0.677. The van der Waals surface area contributed by atoms with Crippen molar-refractivity contribution in [3.05, 3.63) is 64.3 Å². The van der Waals surface area contributed by atoms with Crippen LogP contribution >= 0.6 is 24.0 Å². The van der Waals surface area contributed by atoms with Gasteiger partial charge in [-0.15, -0.1) is 0 Å². The second-order valence-electron chi connectivity index (χ2n) is 5.41. The van der Waals surface area contributed by atoms with Gasteiger partial charge in [0.1, 0.15) is 16.7 Å². The molecule has 0 radical (unpaired) electrons. The van der Waals surface area contributed by atoms with Gasteiger partial charge in [0.25, 0.3) is 5.91 Å². The summed E-state index contributed by atoms with van der Waals surface area (Å²) in [5.41, 5.74) is 1.66. The molecule has 0 aliphatic carbocycles. The monoisotopic (exact) mass is 389 g/mol. The molecule has 2 aromatic rings. The van der Waals surface area contributed by atoms with Crippen LogP contribution in [0.1, 0.15) is 18.1 Å². The molecule has 134 valence electrons. The number of ether oxygens (including phenoxy) is 2. The summed E-state index contributed by atoms with van der Waals surface area (Å²) in [6, 6.07) is 11.6. The molecular formula is C19H16FNO3S2. The Hall–Kier alpha value is -2.38. The molecule has 0 aromatic heterocycles. The molecule has 0 unspecified atom stereocenters. The van der Waals surface area contributed by atoms with Gasteiger partial charge in [-0.05, 0) is 48.4 Å². The first kappa shape index (κ1) is 18.4. The maximum Gasteiger partial charge on any atom is 0.263 e. The fourth-order valence-corrected chi connectivity index (χ4v) is 3.36. The van der Waals surface area contributed by atoms with Crippen LogP contribution < -0.4 is 14.8 Å². The SMILES string of the molecule is CCOc1cc(C=C2SC(=S)NC2=O)ccc1OCc1ccc(F)cc1. The van der Waals surface area contributed by atoms with E-state index in [9.17, 15) is 9.18 Å². The number of carbonyl (C=O) groups is 1. The molecular weight excluding hydrogens is 373 g/mol. The number of hydrogen-bond acceptors (Lipinski definition) is 5. The lowest BCUT2D eigenvalue weighted by Gasteiger charge is -2.13. The van der Waals surface area contributed by atoms with Crippen molar-refractivity contribution in [2.45, 2.75) is 13.5 Å². The van der Waals surface area contributed by atoms with Crippen molar-refractivity contribution in [1.29, 1.82) is 0 Å². The number of hydrogen-bond donors (Lipinski definition) is 1. The number of benzene rings is 2. The molecule has 1 amide bonds. The summed E-state index contributed by atoms with van der Waals surface area (Å²) in [6.45, 7) is 2.66. The minimum absolute atomic E-state index is 0.199. The van der Waals surface area contributed by atoms with Crippen molar-refractivity contribution < 1.29 is 18.7 Å². The molecule has 4 nitrogen and oxygen atoms in total. The fourth-order valence-electron chi connectivity index (χ4n) is 2.32. The Labute approximate surface area is 160 Å². The van der Waals surface area contributed by atoms with Crippen molar-refractivity contribution >= 4 is 40.3 Å². The minimum atomic E-state index is -0.283. The van der Waals surface area contributed by atoms with E-state index in [1.165, 1.54) is 23.9 Å². The Morgan fingerprint density at radius 2 is 1.92 bits per heavy atom. The number of carbonyl (C=O) groups excluding carboxylic acids is 1. The zero-order valence-corrected chi connectivity index (χ0v) is 15.6. The average Bonchev–Trinajstić information content (AvgIpc) is 2.93. The van der Waals surface area contributed by atoms with E-state index in [0.717, 1.165) is 11.1 Å². The molecule has 2 aromatic carbocycles. The van der Waals surface area contributed by atoms with E-state index in [2.05, 4.69) is 5.32 Å². The van der Waals surface area contributed by atoms with Crippen LogP contribution in [0.3, 0.4) is 0 Å². The summed E-state index contributed by atoms with van der Waals surface area (Å²) in [5, 5.41) is 2.59. The van der Waals surface area contributed by atoms with Crippen molar-refractivity contribution in [2.75, 3.05) is 6.61 Å². The Morgan fingerprint density at radius 1 is 1.15 bits per heavy atom. The third-order valence-corrected chi connectivity index (χ3v) is 4.68. The van der Waals surface area contributed by atoms with Gasteiger partial charge in [0.2, 0.25) is 0 Å². The first-order valence-electron chi connectivity index (χ1n) is 7.94. The second-order valence-corrected chi connectivity index (χ2v) is 7.13. The highest BCUT2D eigenvalue weighted by molar-refractivity contribution is 8.26. The Balaban J connectivity index is 1.78. The summed E-state index contributed by atoms with van der Waals surface area (Å²) in [4.78, 5) is 12.3. The molecule has 0 bridgehead atoms. The van der Waals surface area contributed by atoms with Crippen LogP contribution in [0.2, 0.25) is 0 Å². The molecule has 1 saturated heterocycles. The lowest BCUT2D eigenvalue weighted by Crippen LogP contribution is -2.17. The molecule has 1 N–H and O–H groups in total. The van der Waals surface area contributed by atoms with E-state index in [-0.39, 0.29) is 11.7 Å². The number of rotatable bonds is 6. The average molecular weight is 389 g/mol. The lowest BCUT2D eigenvalue weighted by molar-refractivity contribution is -0.115. The molecule has 1 aliphatic rings. The lowest BCUT2D eigenvalue weighted by atomic mass is 10.2. The van der Waals surface area contributed by atoms with Gasteiger partial charge in [0.05, 0.1) is 11.5 Å². The number of thioether (sulfide) groups is 1. The third kappa shape index (κ3) is 4.62. The zero-order valence-electron chi connectivity index (χ0n) is 14.0. The fraction of sp³-hybridized carbons (Fsp3) is 0.158. The van der Waals surface area contributed by atoms with Gasteiger partial charge in [-0.3, -0.25) is 4.79 Å². The van der Waals surface area contributed by atoms with Gasteiger partial charge in [-0.1, -0.05) is 42.2 Å². The summed E-state index contributed by atoms with van der Waals surface area (Å²) >= 11 is 6.22. The van der Waals surface area contributed by atoms with Crippen LogP contribution in [0, 0.1) is 5.82 Å². The van der Waals surface area contributed by atoms with Gasteiger partial charge < -0.3 is 14.8 Å². The smallest absolute Gasteiger partial charge is 0.263 e. The predicted octanol–water partition coefficient (Wildman–Crippen LogP) is 4.29. The summed E-state index contributed by atoms with van der Waals surface area (Å²) < 4.78 is 24.9. The molecule has 0 atom stereocenters. The number of nitrogens with one attached hydrogen (secondary N) is 1. The highest BCUT2D eigenvalue weighted by atomic mass is 32.2. The first-order chi connectivity index (χ1) is 12.5.